The van der Waals surface area contributed by atoms with Crippen LogP contribution >= 0.6 is 0 Å². The zero-order valence-electron chi connectivity index (χ0n) is 11.8. The van der Waals surface area contributed by atoms with Crippen LogP contribution in [0.15, 0.2) is 40.3 Å². The molecule has 0 N–H and O–H groups in total. The molecule has 0 atom stereocenters. The van der Waals surface area contributed by atoms with Crippen LogP contribution in [0.4, 0.5) is 0 Å². The lowest BCUT2D eigenvalue weighted by molar-refractivity contribution is -0.108. The summed E-state index contributed by atoms with van der Waals surface area (Å²) in [5, 5.41) is 0. The van der Waals surface area contributed by atoms with Crippen molar-refractivity contribution in [3.63, 3.8) is 0 Å². The van der Waals surface area contributed by atoms with Gasteiger partial charge in [0.2, 0.25) is 10.0 Å². The number of nitrogens with zero attached hydrogens (tertiary/aromatic N) is 1. The molecule has 0 unspecified atom stereocenters. The smallest absolute Gasteiger partial charge is 0.243 e. The predicted molar refractivity (Wildman–Crippen MR) is 77.9 cm³/mol. The Kier molecular flexibility index (Phi) is 4.40. The van der Waals surface area contributed by atoms with Crippen LogP contribution in [-0.2, 0) is 14.8 Å². The van der Waals surface area contributed by atoms with Gasteiger partial charge in [-0.2, -0.15) is 4.31 Å². The van der Waals surface area contributed by atoms with Gasteiger partial charge in [-0.15, -0.1) is 0 Å². The van der Waals surface area contributed by atoms with Crippen molar-refractivity contribution in [3.05, 3.63) is 41.0 Å². The molecule has 0 spiro atoms. The number of carbonyl (C=O) groups is 1. The molecule has 1 aliphatic carbocycles. The number of sulfonamides is 1. The molecular formula is C15H19NO3S. The molecule has 0 heterocycles. The predicted octanol–water partition coefficient (Wildman–Crippen LogP) is 2.29. The molecule has 1 aromatic carbocycles. The zero-order chi connectivity index (χ0) is 14.8. The third kappa shape index (κ3) is 3.35. The number of hydrogen-bond acceptors (Lipinski definition) is 3. The van der Waals surface area contributed by atoms with E-state index in [1.54, 1.807) is 24.3 Å². The number of aldehydes is 1. The highest BCUT2D eigenvalue weighted by Gasteiger charge is 2.26. The van der Waals surface area contributed by atoms with Gasteiger partial charge in [0.1, 0.15) is 6.29 Å². The molecule has 2 rings (SSSR count). The highest BCUT2D eigenvalue weighted by Crippen LogP contribution is 2.32. The average molecular weight is 293 g/mol. The van der Waals surface area contributed by atoms with Crippen LogP contribution < -0.4 is 0 Å². The summed E-state index contributed by atoms with van der Waals surface area (Å²) in [6, 6.07) is 6.69. The maximum Gasteiger partial charge on any atom is 0.243 e. The fourth-order valence-electron chi connectivity index (χ4n) is 2.06. The van der Waals surface area contributed by atoms with Gasteiger partial charge in [0.25, 0.3) is 0 Å². The lowest BCUT2D eigenvalue weighted by atomic mass is 10.2. The van der Waals surface area contributed by atoms with Crippen molar-refractivity contribution in [1.82, 2.24) is 4.31 Å². The highest BCUT2D eigenvalue weighted by molar-refractivity contribution is 7.89. The highest BCUT2D eigenvalue weighted by atomic mass is 32.2. The van der Waals surface area contributed by atoms with Crippen molar-refractivity contribution in [2.24, 2.45) is 0 Å². The third-order valence-electron chi connectivity index (χ3n) is 3.45. The molecule has 0 aliphatic heterocycles. The largest absolute Gasteiger partial charge is 0.302 e. The second-order valence-corrected chi connectivity index (χ2v) is 7.10. The molecule has 0 amide bonds. The molecule has 0 saturated heterocycles. The molecule has 0 aromatic heterocycles. The maximum absolute atomic E-state index is 12.6. The SMILES string of the molecule is CC(CN(CC=O)S(=O)(=O)c1ccc(C)cc1)=C1CC1. The summed E-state index contributed by atoms with van der Waals surface area (Å²) in [7, 11) is -3.61. The van der Waals surface area contributed by atoms with E-state index in [9.17, 15) is 13.2 Å². The molecule has 5 heteroatoms. The summed E-state index contributed by atoms with van der Waals surface area (Å²) in [6.45, 7) is 4.02. The van der Waals surface area contributed by atoms with Crippen LogP contribution in [0.2, 0.25) is 0 Å². The van der Waals surface area contributed by atoms with Gasteiger partial charge in [0, 0.05) is 6.54 Å². The molecule has 0 radical (unpaired) electrons. The van der Waals surface area contributed by atoms with Crippen molar-refractivity contribution in [2.75, 3.05) is 13.1 Å². The average Bonchev–Trinajstić information content (AvgIpc) is 3.23. The maximum atomic E-state index is 12.6. The van der Waals surface area contributed by atoms with Crippen LogP contribution in [0, 0.1) is 6.92 Å². The van der Waals surface area contributed by atoms with E-state index in [0.717, 1.165) is 24.0 Å². The summed E-state index contributed by atoms with van der Waals surface area (Å²) in [4.78, 5) is 11.0. The van der Waals surface area contributed by atoms with Crippen LogP contribution in [0.5, 0.6) is 0 Å². The molecule has 1 aromatic rings. The fraction of sp³-hybridized carbons (Fsp3) is 0.400. The Bertz CT molecular complexity index is 624. The lowest BCUT2D eigenvalue weighted by Crippen LogP contribution is -2.34. The number of carbonyl (C=O) groups excluding carboxylic acids is 1. The van der Waals surface area contributed by atoms with Crippen LogP contribution in [-0.4, -0.2) is 32.1 Å². The molecule has 108 valence electrons. The van der Waals surface area contributed by atoms with Gasteiger partial charge in [0.15, 0.2) is 0 Å². The molecular weight excluding hydrogens is 274 g/mol. The Balaban J connectivity index is 2.29. The first-order chi connectivity index (χ1) is 9.45. The van der Waals surface area contributed by atoms with Gasteiger partial charge < -0.3 is 4.79 Å². The van der Waals surface area contributed by atoms with Gasteiger partial charge in [-0.3, -0.25) is 0 Å². The first kappa shape index (κ1) is 14.9. The minimum atomic E-state index is -3.61. The lowest BCUT2D eigenvalue weighted by Gasteiger charge is -2.20. The van der Waals surface area contributed by atoms with Crippen LogP contribution in [0.25, 0.3) is 0 Å². The van der Waals surface area contributed by atoms with Gasteiger partial charge in [-0.25, -0.2) is 8.42 Å². The van der Waals surface area contributed by atoms with Gasteiger partial charge >= 0.3 is 0 Å². The minimum absolute atomic E-state index is 0.110. The molecule has 0 bridgehead atoms. The van der Waals surface area contributed by atoms with Gasteiger partial charge in [-0.05, 0) is 38.8 Å². The summed E-state index contributed by atoms with van der Waals surface area (Å²) < 4.78 is 26.4. The molecule has 4 nitrogen and oxygen atoms in total. The standard InChI is InChI=1S/C15H19NO3S/c1-12-3-7-15(8-4-12)20(18,19)16(9-10-17)11-13(2)14-5-6-14/h3-4,7-8,10H,5-6,9,11H2,1-2H3. The number of aryl methyl sites for hydroxylation is 1. The van der Waals surface area contributed by atoms with Crippen molar-refractivity contribution >= 4 is 16.3 Å². The monoisotopic (exact) mass is 293 g/mol. The van der Waals surface area contributed by atoms with Crippen molar-refractivity contribution in [2.45, 2.75) is 31.6 Å². The number of rotatable bonds is 6. The number of benzene rings is 1. The number of hydrogen-bond donors (Lipinski definition) is 0. The molecule has 1 fully saturated rings. The topological polar surface area (TPSA) is 54.5 Å². The summed E-state index contributed by atoms with van der Waals surface area (Å²) in [5.74, 6) is 0. The molecule has 1 saturated carbocycles. The first-order valence-electron chi connectivity index (χ1n) is 6.63. The van der Waals surface area contributed by atoms with Crippen molar-refractivity contribution < 1.29 is 13.2 Å². The Morgan fingerprint density at radius 1 is 1.25 bits per heavy atom. The normalized spacial score (nSPS) is 14.4. The summed E-state index contributed by atoms with van der Waals surface area (Å²) in [6.07, 6.45) is 2.73. The van der Waals surface area contributed by atoms with Gasteiger partial charge in [-0.1, -0.05) is 28.8 Å². The fourth-order valence-corrected chi connectivity index (χ4v) is 3.45. The third-order valence-corrected chi connectivity index (χ3v) is 5.28. The Morgan fingerprint density at radius 3 is 2.35 bits per heavy atom. The van der Waals surface area contributed by atoms with E-state index in [0.29, 0.717) is 12.8 Å². The van der Waals surface area contributed by atoms with Crippen LogP contribution in [0.1, 0.15) is 25.3 Å². The van der Waals surface area contributed by atoms with E-state index in [1.165, 1.54) is 9.88 Å². The van der Waals surface area contributed by atoms with E-state index in [-0.39, 0.29) is 11.4 Å². The molecule has 20 heavy (non-hydrogen) atoms. The summed E-state index contributed by atoms with van der Waals surface area (Å²) in [5.41, 5.74) is 3.37. The second kappa shape index (κ2) is 5.89. The second-order valence-electron chi connectivity index (χ2n) is 5.16. The van der Waals surface area contributed by atoms with E-state index in [1.807, 2.05) is 13.8 Å². The van der Waals surface area contributed by atoms with Gasteiger partial charge in [0.05, 0.1) is 11.4 Å². The Hall–Kier alpha value is -1.46. The van der Waals surface area contributed by atoms with E-state index in [2.05, 4.69) is 0 Å². The van der Waals surface area contributed by atoms with Crippen molar-refractivity contribution in [3.8, 4) is 0 Å². The first-order valence-corrected chi connectivity index (χ1v) is 8.07. The Morgan fingerprint density at radius 2 is 1.85 bits per heavy atom. The van der Waals surface area contributed by atoms with E-state index >= 15 is 0 Å². The minimum Gasteiger partial charge on any atom is -0.302 e. The van der Waals surface area contributed by atoms with Crippen LogP contribution in [0.3, 0.4) is 0 Å². The summed E-state index contributed by atoms with van der Waals surface area (Å²) >= 11 is 0. The zero-order valence-corrected chi connectivity index (χ0v) is 12.6. The van der Waals surface area contributed by atoms with Crippen molar-refractivity contribution in [1.29, 1.82) is 0 Å². The van der Waals surface area contributed by atoms with E-state index in [4.69, 9.17) is 0 Å². The quantitative estimate of drug-likeness (QED) is 0.597. The molecule has 1 aliphatic rings. The van der Waals surface area contributed by atoms with E-state index < -0.39 is 10.0 Å². The Labute approximate surface area is 120 Å². The number of allylic oxidation sites excluding steroid dienone is 1.